The molecular weight excluding hydrogens is 228 g/mol. The van der Waals surface area contributed by atoms with Crippen LogP contribution in [0.1, 0.15) is 27.7 Å². The summed E-state index contributed by atoms with van der Waals surface area (Å²) in [6.45, 7) is 12.9. The van der Waals surface area contributed by atoms with Crippen LogP contribution in [-0.4, -0.2) is 61.6 Å². The second-order valence-corrected chi connectivity index (χ2v) is 6.02. The fourth-order valence-corrected chi connectivity index (χ4v) is 2.41. The minimum Gasteiger partial charge on any atom is -0.374 e. The number of carbonyl (C=O) groups excluding carboxylic acids is 1. The molecule has 1 rings (SSSR count). The van der Waals surface area contributed by atoms with Crippen LogP contribution in [0.25, 0.3) is 0 Å². The molecule has 1 heterocycles. The summed E-state index contributed by atoms with van der Waals surface area (Å²) in [5.74, 6) is 0.934. The lowest BCUT2D eigenvalue weighted by atomic mass is 10.1. The molecule has 0 bridgehead atoms. The number of amides is 1. The molecule has 1 aliphatic rings. The van der Waals surface area contributed by atoms with Crippen LogP contribution < -0.4 is 0 Å². The van der Waals surface area contributed by atoms with Crippen molar-refractivity contribution in [3.8, 4) is 0 Å². The number of morpholine rings is 1. The van der Waals surface area contributed by atoms with E-state index >= 15 is 0 Å². The van der Waals surface area contributed by atoms with Gasteiger partial charge in [0.25, 0.3) is 0 Å². The van der Waals surface area contributed by atoms with Gasteiger partial charge in [-0.2, -0.15) is 0 Å². The summed E-state index contributed by atoms with van der Waals surface area (Å²) < 4.78 is 5.75. The molecule has 0 saturated carbocycles. The first kappa shape index (κ1) is 15.4. The molecule has 106 valence electrons. The van der Waals surface area contributed by atoms with Crippen molar-refractivity contribution < 1.29 is 9.53 Å². The number of hydrogen-bond donors (Lipinski definition) is 0. The Kier molecular flexibility index (Phi) is 6.09. The summed E-state index contributed by atoms with van der Waals surface area (Å²) in [7, 11) is 1.87. The van der Waals surface area contributed by atoms with Gasteiger partial charge >= 0.3 is 0 Å². The highest BCUT2D eigenvalue weighted by molar-refractivity contribution is 5.77. The fraction of sp³-hybridized carbons (Fsp3) is 0.929. The van der Waals surface area contributed by atoms with Crippen molar-refractivity contribution in [3.63, 3.8) is 0 Å². The molecule has 4 heteroatoms. The van der Waals surface area contributed by atoms with Gasteiger partial charge in [-0.3, -0.25) is 9.69 Å². The molecular formula is C14H28N2O2. The molecule has 1 fully saturated rings. The van der Waals surface area contributed by atoms with Crippen molar-refractivity contribution in [2.45, 2.75) is 33.8 Å². The van der Waals surface area contributed by atoms with E-state index in [0.717, 1.165) is 26.2 Å². The van der Waals surface area contributed by atoms with Crippen molar-refractivity contribution in [1.82, 2.24) is 9.80 Å². The van der Waals surface area contributed by atoms with E-state index in [1.807, 2.05) is 20.9 Å². The maximum absolute atomic E-state index is 11.8. The molecule has 4 nitrogen and oxygen atoms in total. The minimum atomic E-state index is 0.0605. The van der Waals surface area contributed by atoms with E-state index < -0.39 is 0 Å². The van der Waals surface area contributed by atoms with Crippen LogP contribution in [0.2, 0.25) is 0 Å². The first-order chi connectivity index (χ1) is 8.40. The first-order valence-corrected chi connectivity index (χ1v) is 6.99. The summed E-state index contributed by atoms with van der Waals surface area (Å²) in [6.07, 6.45) is 0.158. The second kappa shape index (κ2) is 7.10. The Morgan fingerprint density at radius 2 is 2.06 bits per heavy atom. The van der Waals surface area contributed by atoms with Crippen LogP contribution in [-0.2, 0) is 9.53 Å². The van der Waals surface area contributed by atoms with E-state index in [1.54, 1.807) is 4.90 Å². The molecule has 1 atom stereocenters. The number of ether oxygens (including phenoxy) is 1. The monoisotopic (exact) mass is 256 g/mol. The molecule has 0 aromatic carbocycles. The zero-order valence-corrected chi connectivity index (χ0v) is 12.5. The molecule has 18 heavy (non-hydrogen) atoms. The molecule has 1 aliphatic heterocycles. The van der Waals surface area contributed by atoms with Gasteiger partial charge in [-0.25, -0.2) is 0 Å². The molecule has 0 spiro atoms. The van der Waals surface area contributed by atoms with Gasteiger partial charge in [-0.15, -0.1) is 0 Å². The third-order valence-corrected chi connectivity index (χ3v) is 3.19. The van der Waals surface area contributed by atoms with Gasteiger partial charge in [-0.05, 0) is 5.92 Å². The van der Waals surface area contributed by atoms with Crippen LogP contribution in [0.4, 0.5) is 0 Å². The van der Waals surface area contributed by atoms with Crippen LogP contribution in [0, 0.1) is 11.8 Å². The topological polar surface area (TPSA) is 32.8 Å². The number of likely N-dealkylation sites (N-methyl/N-ethyl adjacent to an activating group) is 1. The first-order valence-electron chi connectivity index (χ1n) is 6.99. The number of rotatable bonds is 5. The predicted octanol–water partition coefficient (Wildman–Crippen LogP) is 1.46. The maximum Gasteiger partial charge on any atom is 0.224 e. The quantitative estimate of drug-likeness (QED) is 0.746. The largest absolute Gasteiger partial charge is 0.374 e. The van der Waals surface area contributed by atoms with E-state index in [4.69, 9.17) is 4.74 Å². The average molecular weight is 256 g/mol. The van der Waals surface area contributed by atoms with Gasteiger partial charge < -0.3 is 9.64 Å². The standard InChI is InChI=1S/C14H28N2O2/c1-11(2)8-16-6-7-18-13(10-16)9-15(5)14(17)12(3)4/h11-13H,6-10H2,1-5H3/t13-/m0/s1. The van der Waals surface area contributed by atoms with Gasteiger partial charge in [0.2, 0.25) is 5.91 Å². The highest BCUT2D eigenvalue weighted by atomic mass is 16.5. The highest BCUT2D eigenvalue weighted by Gasteiger charge is 2.24. The zero-order valence-electron chi connectivity index (χ0n) is 12.5. The minimum absolute atomic E-state index is 0.0605. The SMILES string of the molecule is CC(C)CN1CCO[C@@H](CN(C)C(=O)C(C)C)C1. The number of carbonyl (C=O) groups is 1. The van der Waals surface area contributed by atoms with E-state index in [-0.39, 0.29) is 17.9 Å². The third-order valence-electron chi connectivity index (χ3n) is 3.19. The van der Waals surface area contributed by atoms with E-state index in [0.29, 0.717) is 12.5 Å². The van der Waals surface area contributed by atoms with Crippen LogP contribution in [0.5, 0.6) is 0 Å². The van der Waals surface area contributed by atoms with Crippen LogP contribution in [0.3, 0.4) is 0 Å². The lowest BCUT2D eigenvalue weighted by molar-refractivity contribution is -0.136. The summed E-state index contributed by atoms with van der Waals surface area (Å²) in [5, 5.41) is 0. The maximum atomic E-state index is 11.8. The van der Waals surface area contributed by atoms with Gasteiger partial charge in [0.1, 0.15) is 0 Å². The van der Waals surface area contributed by atoms with Crippen molar-refractivity contribution in [1.29, 1.82) is 0 Å². The Hall–Kier alpha value is -0.610. The number of hydrogen-bond acceptors (Lipinski definition) is 3. The lowest BCUT2D eigenvalue weighted by Crippen LogP contribution is -2.49. The average Bonchev–Trinajstić information content (AvgIpc) is 2.27. The smallest absolute Gasteiger partial charge is 0.224 e. The summed E-state index contributed by atoms with van der Waals surface area (Å²) in [5.41, 5.74) is 0. The number of nitrogens with zero attached hydrogens (tertiary/aromatic N) is 2. The molecule has 1 amide bonds. The van der Waals surface area contributed by atoms with Gasteiger partial charge in [0, 0.05) is 39.1 Å². The highest BCUT2D eigenvalue weighted by Crippen LogP contribution is 2.10. The Morgan fingerprint density at radius 3 is 2.61 bits per heavy atom. The zero-order chi connectivity index (χ0) is 13.7. The van der Waals surface area contributed by atoms with Crippen LogP contribution >= 0.6 is 0 Å². The lowest BCUT2D eigenvalue weighted by Gasteiger charge is -2.35. The molecule has 0 unspecified atom stereocenters. The predicted molar refractivity (Wildman–Crippen MR) is 73.5 cm³/mol. The van der Waals surface area contributed by atoms with Crippen LogP contribution in [0.15, 0.2) is 0 Å². The van der Waals surface area contributed by atoms with Crippen molar-refractivity contribution in [2.75, 3.05) is 39.8 Å². The van der Waals surface area contributed by atoms with Gasteiger partial charge in [0.05, 0.1) is 12.7 Å². The Bertz CT molecular complexity index is 267. The summed E-state index contributed by atoms with van der Waals surface area (Å²) >= 11 is 0. The van der Waals surface area contributed by atoms with Crippen molar-refractivity contribution in [3.05, 3.63) is 0 Å². The molecule has 1 saturated heterocycles. The Balaban J connectivity index is 2.40. The fourth-order valence-electron chi connectivity index (χ4n) is 2.41. The molecule has 0 radical (unpaired) electrons. The molecule has 0 aromatic rings. The molecule has 0 aromatic heterocycles. The normalized spacial score (nSPS) is 21.6. The van der Waals surface area contributed by atoms with Gasteiger partial charge in [-0.1, -0.05) is 27.7 Å². The van der Waals surface area contributed by atoms with E-state index in [9.17, 15) is 4.79 Å². The van der Waals surface area contributed by atoms with Gasteiger partial charge in [0.15, 0.2) is 0 Å². The Morgan fingerprint density at radius 1 is 1.39 bits per heavy atom. The van der Waals surface area contributed by atoms with Crippen molar-refractivity contribution >= 4 is 5.91 Å². The molecule has 0 N–H and O–H groups in total. The summed E-state index contributed by atoms with van der Waals surface area (Å²) in [6, 6.07) is 0. The summed E-state index contributed by atoms with van der Waals surface area (Å²) in [4.78, 5) is 16.1. The molecule has 0 aliphatic carbocycles. The third kappa shape index (κ3) is 4.94. The van der Waals surface area contributed by atoms with E-state index in [2.05, 4.69) is 18.7 Å². The second-order valence-electron chi connectivity index (χ2n) is 6.02. The van der Waals surface area contributed by atoms with Crippen molar-refractivity contribution in [2.24, 2.45) is 11.8 Å². The van der Waals surface area contributed by atoms with E-state index in [1.165, 1.54) is 0 Å². The Labute approximate surface area is 111 Å².